The lowest BCUT2D eigenvalue weighted by atomic mass is 9.93. The molecule has 0 fully saturated rings. The average Bonchev–Trinajstić information content (AvgIpc) is 3.56. The van der Waals surface area contributed by atoms with Crippen LogP contribution < -0.4 is 29.1 Å². The summed E-state index contributed by atoms with van der Waals surface area (Å²) in [4.78, 5) is 33.0. The first-order chi connectivity index (χ1) is 19.5. The number of hydrogen-bond donors (Lipinski definition) is 0. The van der Waals surface area contributed by atoms with Gasteiger partial charge in [0.25, 0.3) is 5.56 Å². The van der Waals surface area contributed by atoms with E-state index in [1.807, 2.05) is 54.6 Å². The van der Waals surface area contributed by atoms with Gasteiger partial charge in [0.2, 0.25) is 6.79 Å². The van der Waals surface area contributed by atoms with E-state index in [2.05, 4.69) is 15.9 Å². The van der Waals surface area contributed by atoms with E-state index in [-0.39, 0.29) is 24.5 Å². The van der Waals surface area contributed by atoms with Crippen molar-refractivity contribution >= 4 is 45.0 Å². The van der Waals surface area contributed by atoms with E-state index in [9.17, 15) is 9.59 Å². The first-order valence-electron chi connectivity index (χ1n) is 12.5. The molecule has 4 aromatic rings. The minimum atomic E-state index is -0.813. The van der Waals surface area contributed by atoms with E-state index in [1.54, 1.807) is 36.8 Å². The Kier molecular flexibility index (Phi) is 7.03. The summed E-state index contributed by atoms with van der Waals surface area (Å²) in [5, 5.41) is 0. The summed E-state index contributed by atoms with van der Waals surface area (Å²) in [7, 11) is 1.58. The van der Waals surface area contributed by atoms with Crippen molar-refractivity contribution < 1.29 is 23.7 Å². The second kappa shape index (κ2) is 10.8. The molecule has 202 valence electrons. The highest BCUT2D eigenvalue weighted by Gasteiger charge is 2.36. The van der Waals surface area contributed by atoms with Crippen molar-refractivity contribution in [3.05, 3.63) is 113 Å². The van der Waals surface area contributed by atoms with Gasteiger partial charge in [-0.15, -0.1) is 0 Å². The maximum atomic E-state index is 14.1. The summed E-state index contributed by atoms with van der Waals surface area (Å²) in [5.41, 5.74) is 2.57. The van der Waals surface area contributed by atoms with E-state index in [0.717, 1.165) is 15.6 Å². The Bertz CT molecular complexity index is 1840. The lowest BCUT2D eigenvalue weighted by molar-refractivity contribution is -0.138. The second-order valence-electron chi connectivity index (χ2n) is 8.93. The number of aromatic nitrogens is 1. The molecule has 1 atom stereocenters. The number of esters is 1. The number of halogens is 1. The SMILES string of the molecule is CCOC(=O)C1=C(c2ccccc2)N=c2s/c(=C\c3cc(Br)ccc3OC)c(=O)n2C1c1ccc2c(c1)OCO2. The van der Waals surface area contributed by atoms with Gasteiger partial charge in [-0.2, -0.15) is 0 Å². The van der Waals surface area contributed by atoms with Crippen LogP contribution in [-0.2, 0) is 9.53 Å². The van der Waals surface area contributed by atoms with Crippen LogP contribution in [-0.4, -0.2) is 31.0 Å². The summed E-state index contributed by atoms with van der Waals surface area (Å²) in [6, 6.07) is 19.6. The van der Waals surface area contributed by atoms with Crippen molar-refractivity contribution in [2.75, 3.05) is 20.5 Å². The van der Waals surface area contributed by atoms with Gasteiger partial charge in [-0.25, -0.2) is 9.79 Å². The van der Waals surface area contributed by atoms with Gasteiger partial charge in [-0.3, -0.25) is 9.36 Å². The van der Waals surface area contributed by atoms with Crippen molar-refractivity contribution in [3.63, 3.8) is 0 Å². The maximum Gasteiger partial charge on any atom is 0.338 e. The molecule has 40 heavy (non-hydrogen) atoms. The van der Waals surface area contributed by atoms with Gasteiger partial charge in [0.15, 0.2) is 16.3 Å². The number of carbonyl (C=O) groups is 1. The number of thiazole rings is 1. The molecule has 2 aliphatic rings. The first kappa shape index (κ1) is 26.1. The summed E-state index contributed by atoms with van der Waals surface area (Å²) in [5.74, 6) is 1.22. The molecule has 6 rings (SSSR count). The zero-order valence-electron chi connectivity index (χ0n) is 21.5. The molecule has 0 spiro atoms. The highest BCUT2D eigenvalue weighted by molar-refractivity contribution is 9.10. The van der Waals surface area contributed by atoms with Crippen LogP contribution in [0.5, 0.6) is 17.2 Å². The molecule has 3 aromatic carbocycles. The molecular formula is C30H23BrN2O6S. The molecule has 0 bridgehead atoms. The summed E-state index contributed by atoms with van der Waals surface area (Å²) >= 11 is 4.74. The van der Waals surface area contributed by atoms with Gasteiger partial charge in [-0.1, -0.05) is 63.7 Å². The van der Waals surface area contributed by atoms with Crippen molar-refractivity contribution in [1.29, 1.82) is 0 Å². The topological polar surface area (TPSA) is 88.4 Å². The number of ether oxygens (including phenoxy) is 4. The van der Waals surface area contributed by atoms with Crippen LogP contribution in [0.25, 0.3) is 11.8 Å². The van der Waals surface area contributed by atoms with Crippen LogP contribution >= 0.6 is 27.3 Å². The second-order valence-corrected chi connectivity index (χ2v) is 10.9. The highest BCUT2D eigenvalue weighted by atomic mass is 79.9. The molecule has 0 radical (unpaired) electrons. The monoisotopic (exact) mass is 618 g/mol. The van der Waals surface area contributed by atoms with Crippen molar-refractivity contribution in [1.82, 2.24) is 4.57 Å². The Labute approximate surface area is 241 Å². The van der Waals surface area contributed by atoms with E-state index >= 15 is 0 Å². The summed E-state index contributed by atoms with van der Waals surface area (Å²) in [6.45, 7) is 2.02. The fourth-order valence-electron chi connectivity index (χ4n) is 4.80. The van der Waals surface area contributed by atoms with Gasteiger partial charge in [0.05, 0.1) is 35.6 Å². The molecule has 0 saturated heterocycles. The zero-order chi connectivity index (χ0) is 27.8. The Morgan fingerprint density at radius 3 is 2.70 bits per heavy atom. The Morgan fingerprint density at radius 2 is 1.93 bits per heavy atom. The number of rotatable bonds is 6. The smallest absolute Gasteiger partial charge is 0.338 e. The molecule has 0 aliphatic carbocycles. The number of benzene rings is 3. The lowest BCUT2D eigenvalue weighted by Crippen LogP contribution is -2.40. The van der Waals surface area contributed by atoms with E-state index < -0.39 is 12.0 Å². The fourth-order valence-corrected chi connectivity index (χ4v) is 6.17. The van der Waals surface area contributed by atoms with Crippen LogP contribution in [0.15, 0.2) is 86.6 Å². The number of hydrogen-bond acceptors (Lipinski definition) is 8. The van der Waals surface area contributed by atoms with Crippen LogP contribution in [0.2, 0.25) is 0 Å². The Hall–Kier alpha value is -4.15. The molecule has 1 unspecified atom stereocenters. The van der Waals surface area contributed by atoms with E-state index in [1.165, 1.54) is 11.3 Å². The Balaban J connectivity index is 1.66. The van der Waals surface area contributed by atoms with Crippen molar-refractivity contribution in [3.8, 4) is 17.2 Å². The van der Waals surface area contributed by atoms with E-state index in [4.69, 9.17) is 23.9 Å². The van der Waals surface area contributed by atoms with Crippen LogP contribution in [0.3, 0.4) is 0 Å². The van der Waals surface area contributed by atoms with Crippen LogP contribution in [0.1, 0.15) is 29.7 Å². The summed E-state index contributed by atoms with van der Waals surface area (Å²) < 4.78 is 25.0. The molecule has 3 heterocycles. The number of fused-ring (bicyclic) bond motifs is 2. The molecule has 8 nitrogen and oxygen atoms in total. The van der Waals surface area contributed by atoms with Gasteiger partial charge in [0, 0.05) is 15.6 Å². The van der Waals surface area contributed by atoms with Crippen molar-refractivity contribution in [2.24, 2.45) is 4.99 Å². The van der Waals surface area contributed by atoms with Crippen molar-refractivity contribution in [2.45, 2.75) is 13.0 Å². The normalized spacial score (nSPS) is 16.0. The van der Waals surface area contributed by atoms with Gasteiger partial charge in [-0.05, 0) is 48.9 Å². The number of carbonyl (C=O) groups excluding carboxylic acids is 1. The molecule has 1 aromatic heterocycles. The third kappa shape index (κ3) is 4.63. The maximum absolute atomic E-state index is 14.1. The lowest BCUT2D eigenvalue weighted by Gasteiger charge is -2.26. The highest BCUT2D eigenvalue weighted by Crippen LogP contribution is 2.40. The van der Waals surface area contributed by atoms with Crippen LogP contribution in [0.4, 0.5) is 0 Å². The molecule has 0 amide bonds. The van der Waals surface area contributed by atoms with Gasteiger partial charge in [0.1, 0.15) is 5.75 Å². The summed E-state index contributed by atoms with van der Waals surface area (Å²) in [6.07, 6.45) is 1.78. The number of nitrogens with zero attached hydrogens (tertiary/aromatic N) is 2. The third-order valence-electron chi connectivity index (χ3n) is 6.56. The largest absolute Gasteiger partial charge is 0.496 e. The molecular weight excluding hydrogens is 596 g/mol. The predicted molar refractivity (Wildman–Crippen MR) is 154 cm³/mol. The predicted octanol–water partition coefficient (Wildman–Crippen LogP) is 4.44. The molecule has 10 heteroatoms. The quantitative estimate of drug-likeness (QED) is 0.297. The molecule has 2 aliphatic heterocycles. The zero-order valence-corrected chi connectivity index (χ0v) is 24.0. The van der Waals surface area contributed by atoms with Crippen LogP contribution in [0, 0.1) is 0 Å². The van der Waals surface area contributed by atoms with Gasteiger partial charge < -0.3 is 18.9 Å². The van der Waals surface area contributed by atoms with Gasteiger partial charge >= 0.3 is 5.97 Å². The van der Waals surface area contributed by atoms with E-state index in [0.29, 0.717) is 37.8 Å². The molecule has 0 saturated carbocycles. The molecule has 0 N–H and O–H groups in total. The minimum Gasteiger partial charge on any atom is -0.496 e. The standard InChI is InChI=1S/C30H23BrN2O6S/c1-3-37-29(35)25-26(17-7-5-4-6-8-17)32-30-33(27(25)18-9-11-22-23(14-18)39-16-38-22)28(34)24(40-30)15-19-13-20(31)10-12-21(19)36-2/h4-15,27H,3,16H2,1-2H3/b24-15-. The first-order valence-corrected chi connectivity index (χ1v) is 14.1. The number of methoxy groups -OCH3 is 1. The fraction of sp³-hybridized carbons (Fsp3) is 0.167. The third-order valence-corrected chi connectivity index (χ3v) is 8.04. The Morgan fingerprint density at radius 1 is 1.12 bits per heavy atom. The minimum absolute atomic E-state index is 0.103. The average molecular weight is 619 g/mol.